The molecule has 0 aromatic heterocycles. The molecule has 0 unspecified atom stereocenters. The molecule has 0 atom stereocenters. The number of hydrogen-bond acceptors (Lipinski definition) is 3. The van der Waals surface area contributed by atoms with Gasteiger partial charge >= 0.3 is 0 Å². The van der Waals surface area contributed by atoms with Crippen LogP contribution >= 0.6 is 0 Å². The van der Waals surface area contributed by atoms with Crippen LogP contribution in [-0.4, -0.2) is 19.5 Å². The fourth-order valence-electron chi connectivity index (χ4n) is 1.36. The molecule has 0 aliphatic rings. The van der Waals surface area contributed by atoms with Gasteiger partial charge in [-0.15, -0.1) is 0 Å². The van der Waals surface area contributed by atoms with Crippen molar-refractivity contribution in [1.82, 2.24) is 0 Å². The fourth-order valence-corrected chi connectivity index (χ4v) is 1.36. The number of ketones is 1. The van der Waals surface area contributed by atoms with Crippen LogP contribution in [0.4, 0.5) is 0 Å². The second-order valence-electron chi connectivity index (χ2n) is 3.24. The minimum absolute atomic E-state index is 0.0513. The van der Waals surface area contributed by atoms with Crippen molar-refractivity contribution >= 4 is 5.78 Å². The van der Waals surface area contributed by atoms with E-state index in [4.69, 9.17) is 9.47 Å². The third-order valence-electron chi connectivity index (χ3n) is 2.07. The summed E-state index contributed by atoms with van der Waals surface area (Å²) in [5.74, 6) is 0.833. The highest BCUT2D eigenvalue weighted by molar-refractivity contribution is 5.94. The summed E-state index contributed by atoms with van der Waals surface area (Å²) in [6.45, 7) is 4.54. The highest BCUT2D eigenvalue weighted by Gasteiger charge is 2.07. The van der Waals surface area contributed by atoms with Crippen LogP contribution in [0, 0.1) is 0 Å². The average Bonchev–Trinajstić information content (AvgIpc) is 2.21. The standard InChI is InChI=1S/C12H16O3/c1-4-15-12-6-5-10(9(2)13)7-11(12)8-14-3/h5-7H,4,8H2,1-3H3. The second kappa shape index (κ2) is 5.51. The predicted octanol–water partition coefficient (Wildman–Crippen LogP) is 2.43. The lowest BCUT2D eigenvalue weighted by atomic mass is 10.1. The Morgan fingerprint density at radius 3 is 2.67 bits per heavy atom. The first-order chi connectivity index (χ1) is 7.19. The highest BCUT2D eigenvalue weighted by Crippen LogP contribution is 2.21. The van der Waals surface area contributed by atoms with Gasteiger partial charge in [0.2, 0.25) is 0 Å². The number of carbonyl (C=O) groups is 1. The Kier molecular flexibility index (Phi) is 4.31. The van der Waals surface area contributed by atoms with Gasteiger partial charge in [-0.3, -0.25) is 4.79 Å². The van der Waals surface area contributed by atoms with E-state index in [1.807, 2.05) is 19.1 Å². The minimum Gasteiger partial charge on any atom is -0.494 e. The molecular formula is C12H16O3. The van der Waals surface area contributed by atoms with Crippen LogP contribution in [-0.2, 0) is 11.3 Å². The molecule has 0 N–H and O–H groups in total. The molecule has 3 nitrogen and oxygen atoms in total. The van der Waals surface area contributed by atoms with E-state index < -0.39 is 0 Å². The van der Waals surface area contributed by atoms with Crippen LogP contribution < -0.4 is 4.74 Å². The van der Waals surface area contributed by atoms with Crippen molar-refractivity contribution in [3.8, 4) is 5.75 Å². The van der Waals surface area contributed by atoms with Crippen LogP contribution in [0.25, 0.3) is 0 Å². The molecule has 1 rings (SSSR count). The van der Waals surface area contributed by atoms with Gasteiger partial charge < -0.3 is 9.47 Å². The van der Waals surface area contributed by atoms with Crippen LogP contribution in [0.3, 0.4) is 0 Å². The van der Waals surface area contributed by atoms with E-state index in [-0.39, 0.29) is 5.78 Å². The van der Waals surface area contributed by atoms with Crippen molar-refractivity contribution in [2.75, 3.05) is 13.7 Å². The number of carbonyl (C=O) groups excluding carboxylic acids is 1. The third-order valence-corrected chi connectivity index (χ3v) is 2.07. The Morgan fingerprint density at radius 2 is 2.13 bits per heavy atom. The summed E-state index contributed by atoms with van der Waals surface area (Å²) in [5, 5.41) is 0. The lowest BCUT2D eigenvalue weighted by Crippen LogP contribution is -2.01. The van der Waals surface area contributed by atoms with E-state index in [1.54, 1.807) is 20.1 Å². The average molecular weight is 208 g/mol. The molecule has 0 fully saturated rings. The number of ether oxygens (including phenoxy) is 2. The Labute approximate surface area is 90.0 Å². The Hall–Kier alpha value is -1.35. The zero-order chi connectivity index (χ0) is 11.3. The zero-order valence-corrected chi connectivity index (χ0v) is 9.37. The molecular weight excluding hydrogens is 192 g/mol. The second-order valence-corrected chi connectivity index (χ2v) is 3.24. The summed E-state index contributed by atoms with van der Waals surface area (Å²) in [4.78, 5) is 11.2. The molecule has 1 aromatic rings. The smallest absolute Gasteiger partial charge is 0.159 e. The number of hydrogen-bond donors (Lipinski definition) is 0. The third kappa shape index (κ3) is 3.06. The molecule has 0 aliphatic carbocycles. The van der Waals surface area contributed by atoms with Gasteiger partial charge in [-0.05, 0) is 32.0 Å². The summed E-state index contributed by atoms with van der Waals surface area (Å²) in [6, 6.07) is 5.40. The predicted molar refractivity (Wildman–Crippen MR) is 58.3 cm³/mol. The lowest BCUT2D eigenvalue weighted by Gasteiger charge is -2.10. The fraction of sp³-hybridized carbons (Fsp3) is 0.417. The van der Waals surface area contributed by atoms with Crippen molar-refractivity contribution in [2.45, 2.75) is 20.5 Å². The Morgan fingerprint density at radius 1 is 1.40 bits per heavy atom. The van der Waals surface area contributed by atoms with Crippen LogP contribution in [0.2, 0.25) is 0 Å². The molecule has 0 radical (unpaired) electrons. The number of methoxy groups -OCH3 is 1. The summed E-state index contributed by atoms with van der Waals surface area (Å²) < 4.78 is 10.5. The summed E-state index contributed by atoms with van der Waals surface area (Å²) in [7, 11) is 1.62. The molecule has 0 saturated carbocycles. The van der Waals surface area contributed by atoms with Gasteiger partial charge in [0.05, 0.1) is 13.2 Å². The Bertz CT molecular complexity index is 345. The molecule has 0 bridgehead atoms. The summed E-state index contributed by atoms with van der Waals surface area (Å²) >= 11 is 0. The van der Waals surface area contributed by atoms with Gasteiger partial charge in [-0.1, -0.05) is 0 Å². The molecule has 0 spiro atoms. The highest BCUT2D eigenvalue weighted by atomic mass is 16.5. The van der Waals surface area contributed by atoms with E-state index in [0.29, 0.717) is 18.8 Å². The van der Waals surface area contributed by atoms with Crippen LogP contribution in [0.5, 0.6) is 5.75 Å². The maximum Gasteiger partial charge on any atom is 0.159 e. The van der Waals surface area contributed by atoms with E-state index in [2.05, 4.69) is 0 Å². The van der Waals surface area contributed by atoms with E-state index in [0.717, 1.165) is 11.3 Å². The van der Waals surface area contributed by atoms with E-state index >= 15 is 0 Å². The summed E-state index contributed by atoms with van der Waals surface area (Å²) in [6.07, 6.45) is 0. The van der Waals surface area contributed by atoms with Gasteiger partial charge in [0.25, 0.3) is 0 Å². The van der Waals surface area contributed by atoms with E-state index in [9.17, 15) is 4.79 Å². The SMILES string of the molecule is CCOc1ccc(C(C)=O)cc1COC. The van der Waals surface area contributed by atoms with Crippen molar-refractivity contribution in [1.29, 1.82) is 0 Å². The molecule has 0 heterocycles. The van der Waals surface area contributed by atoms with Crippen LogP contribution in [0.1, 0.15) is 29.8 Å². The van der Waals surface area contributed by atoms with Gasteiger partial charge in [-0.2, -0.15) is 0 Å². The van der Waals surface area contributed by atoms with Crippen LogP contribution in [0.15, 0.2) is 18.2 Å². The summed E-state index contributed by atoms with van der Waals surface area (Å²) in [5.41, 5.74) is 1.59. The Balaban J connectivity index is 3.02. The molecule has 0 amide bonds. The minimum atomic E-state index is 0.0513. The number of Topliss-reactive ketones (excluding diaryl/α,β-unsaturated/α-hetero) is 1. The van der Waals surface area contributed by atoms with E-state index in [1.165, 1.54) is 0 Å². The van der Waals surface area contributed by atoms with Gasteiger partial charge in [-0.25, -0.2) is 0 Å². The van der Waals surface area contributed by atoms with Crippen molar-refractivity contribution in [2.24, 2.45) is 0 Å². The first-order valence-corrected chi connectivity index (χ1v) is 4.94. The molecule has 0 aliphatic heterocycles. The lowest BCUT2D eigenvalue weighted by molar-refractivity contribution is 0.101. The van der Waals surface area contributed by atoms with Crippen molar-refractivity contribution in [3.63, 3.8) is 0 Å². The number of rotatable bonds is 5. The van der Waals surface area contributed by atoms with Crippen molar-refractivity contribution in [3.05, 3.63) is 29.3 Å². The maximum absolute atomic E-state index is 11.2. The molecule has 1 aromatic carbocycles. The zero-order valence-electron chi connectivity index (χ0n) is 9.37. The molecule has 3 heteroatoms. The topological polar surface area (TPSA) is 35.5 Å². The van der Waals surface area contributed by atoms with Gasteiger partial charge in [0.1, 0.15) is 5.75 Å². The monoisotopic (exact) mass is 208 g/mol. The molecule has 82 valence electrons. The van der Waals surface area contributed by atoms with Gasteiger partial charge in [0.15, 0.2) is 5.78 Å². The largest absolute Gasteiger partial charge is 0.494 e. The molecule has 15 heavy (non-hydrogen) atoms. The first kappa shape index (κ1) is 11.7. The number of benzene rings is 1. The first-order valence-electron chi connectivity index (χ1n) is 4.94. The normalized spacial score (nSPS) is 10.1. The molecule has 0 saturated heterocycles. The maximum atomic E-state index is 11.2. The van der Waals surface area contributed by atoms with Gasteiger partial charge in [0, 0.05) is 18.2 Å². The van der Waals surface area contributed by atoms with Crippen molar-refractivity contribution < 1.29 is 14.3 Å². The quantitative estimate of drug-likeness (QED) is 0.697.